The molecule has 2 aliphatic carbocycles. The smallest absolute Gasteiger partial charge is 0.483 e. The fourth-order valence-corrected chi connectivity index (χ4v) is 7.11. The minimum Gasteiger partial charge on any atom is -0.483 e. The van der Waals surface area contributed by atoms with Gasteiger partial charge in [-0.2, -0.15) is 0 Å². The number of H-pyrrole nitrogens is 1. The maximum Gasteiger partial charge on any atom is 0.518 e. The molecule has 3 aliphatic rings. The third-order valence-electron chi connectivity index (χ3n) is 10.2. The van der Waals surface area contributed by atoms with Gasteiger partial charge >= 0.3 is 6.16 Å². The van der Waals surface area contributed by atoms with Crippen LogP contribution in [0.3, 0.4) is 0 Å². The van der Waals surface area contributed by atoms with Gasteiger partial charge in [0, 0.05) is 36.2 Å². The number of benzene rings is 2. The van der Waals surface area contributed by atoms with E-state index in [-0.39, 0.29) is 5.41 Å². The molecule has 0 amide bonds. The van der Waals surface area contributed by atoms with Crippen LogP contribution in [-0.2, 0) is 23.0 Å². The van der Waals surface area contributed by atoms with Gasteiger partial charge in [0.25, 0.3) is 0 Å². The highest BCUT2D eigenvalue weighted by Crippen LogP contribution is 2.50. The second kappa shape index (κ2) is 12.1. The number of fused-ring (bicyclic) bond motifs is 5. The predicted octanol–water partition coefficient (Wildman–Crippen LogP) is 7.40. The number of carbonyl (C=O) groups excluding carboxylic acids is 1. The number of ether oxygens (including phenoxy) is 3. The molecule has 44 heavy (non-hydrogen) atoms. The van der Waals surface area contributed by atoms with Gasteiger partial charge < -0.3 is 24.1 Å². The van der Waals surface area contributed by atoms with Crippen LogP contribution in [0.1, 0.15) is 63.6 Å². The van der Waals surface area contributed by atoms with Crippen molar-refractivity contribution in [3.63, 3.8) is 0 Å². The highest BCUT2D eigenvalue weighted by atomic mass is 16.7. The molecule has 7 heteroatoms. The van der Waals surface area contributed by atoms with Crippen LogP contribution in [0.4, 0.5) is 4.79 Å². The summed E-state index contributed by atoms with van der Waals surface area (Å²) in [5.74, 6) is 1.95. The van der Waals surface area contributed by atoms with Crippen LogP contribution in [0, 0.1) is 5.92 Å². The number of carbonyl (C=O) groups is 1. The molecular formula is C37H47N3O4. The molecule has 7 nitrogen and oxygen atoms in total. The van der Waals surface area contributed by atoms with Gasteiger partial charge in [0.05, 0.1) is 6.26 Å². The predicted molar refractivity (Wildman–Crippen MR) is 175 cm³/mol. The zero-order valence-corrected chi connectivity index (χ0v) is 27.1. The molecule has 0 radical (unpaired) electrons. The Hall–Kier alpha value is -3.55. The molecule has 234 valence electrons. The summed E-state index contributed by atoms with van der Waals surface area (Å²) < 4.78 is 17.6. The summed E-state index contributed by atoms with van der Waals surface area (Å²) in [4.78, 5) is 20.8. The van der Waals surface area contributed by atoms with E-state index in [9.17, 15) is 4.79 Å². The van der Waals surface area contributed by atoms with Crippen molar-refractivity contribution in [3.05, 3.63) is 83.3 Å². The number of likely N-dealkylation sites (N-methyl/N-ethyl adjacent to an activating group) is 1. The Labute approximate surface area is 261 Å². The van der Waals surface area contributed by atoms with E-state index in [1.165, 1.54) is 23.0 Å². The summed E-state index contributed by atoms with van der Waals surface area (Å²) in [6, 6.07) is 12.9. The van der Waals surface area contributed by atoms with Crippen LogP contribution in [0.25, 0.3) is 10.9 Å². The number of hydrogen-bond donors (Lipinski definition) is 1. The zero-order valence-electron chi connectivity index (χ0n) is 27.1. The van der Waals surface area contributed by atoms with Gasteiger partial charge in [-0.15, -0.1) is 0 Å². The summed E-state index contributed by atoms with van der Waals surface area (Å²) in [5.41, 5.74) is 5.98. The van der Waals surface area contributed by atoms with Crippen LogP contribution in [-0.4, -0.2) is 66.3 Å². The average Bonchev–Trinajstić information content (AvgIpc) is 3.60. The highest BCUT2D eigenvalue weighted by Gasteiger charge is 2.49. The van der Waals surface area contributed by atoms with Crippen LogP contribution < -0.4 is 9.47 Å². The minimum absolute atomic E-state index is 0.132. The van der Waals surface area contributed by atoms with E-state index < -0.39 is 11.8 Å². The van der Waals surface area contributed by atoms with Crippen molar-refractivity contribution >= 4 is 17.1 Å². The third kappa shape index (κ3) is 6.18. The summed E-state index contributed by atoms with van der Waals surface area (Å²) in [5, 5.41) is 0.914. The molecule has 1 N–H and O–H groups in total. The van der Waals surface area contributed by atoms with Crippen molar-refractivity contribution in [2.75, 3.05) is 33.7 Å². The monoisotopic (exact) mass is 597 g/mol. The van der Waals surface area contributed by atoms with Crippen LogP contribution in [0.15, 0.2) is 66.6 Å². The Kier molecular flexibility index (Phi) is 8.38. The number of likely N-dealkylation sites (tertiary alicyclic amines) is 1. The van der Waals surface area contributed by atoms with Gasteiger partial charge in [-0.05, 0) is 125 Å². The fraction of sp³-hybridized carbons (Fsp3) is 0.486. The Morgan fingerprint density at radius 2 is 1.98 bits per heavy atom. The quantitative estimate of drug-likeness (QED) is 0.114. The Balaban J connectivity index is 1.10. The van der Waals surface area contributed by atoms with Crippen LogP contribution in [0.5, 0.6) is 11.5 Å². The number of nitrogens with one attached hydrogen (secondary N) is 1. The van der Waals surface area contributed by atoms with Gasteiger partial charge in [0.15, 0.2) is 0 Å². The van der Waals surface area contributed by atoms with Crippen molar-refractivity contribution in [1.82, 2.24) is 14.8 Å². The van der Waals surface area contributed by atoms with Crippen LogP contribution in [0.2, 0.25) is 0 Å². The first kappa shape index (κ1) is 30.5. The Bertz CT molecular complexity index is 1580. The first-order valence-electron chi connectivity index (χ1n) is 16.1. The third-order valence-corrected chi connectivity index (χ3v) is 10.2. The molecule has 2 fully saturated rings. The van der Waals surface area contributed by atoms with E-state index in [0.717, 1.165) is 74.0 Å². The van der Waals surface area contributed by atoms with Gasteiger partial charge in [-0.3, -0.25) is 4.90 Å². The van der Waals surface area contributed by atoms with E-state index in [2.05, 4.69) is 66.8 Å². The molecule has 0 spiro atoms. The summed E-state index contributed by atoms with van der Waals surface area (Å²) >= 11 is 0. The lowest BCUT2D eigenvalue weighted by molar-refractivity contribution is 0.0395. The number of rotatable bonds is 10. The molecule has 1 saturated heterocycles. The second-order valence-corrected chi connectivity index (χ2v) is 13.8. The van der Waals surface area contributed by atoms with E-state index in [4.69, 9.17) is 14.2 Å². The molecule has 2 heterocycles. The standard InChI is InChI=1S/C37H47N3O4/c1-25(2)12-19-40-20-16-36(4)26(3)32(40)22-27-10-11-29(23-30(27)36)44-37(14-15-37)17-21-42-35(41)43-33-9-7-8-31-34(33)28(24-38-31)13-18-39(5)6/h7-12,17,21,23-24,26,32,38H,13-16,18-20,22H2,1-6H3/b21-17+/t26-,32+,36+/m0/s1. The number of piperidine rings is 1. The van der Waals surface area contributed by atoms with Gasteiger partial charge in [0.2, 0.25) is 0 Å². The Morgan fingerprint density at radius 1 is 1.16 bits per heavy atom. The van der Waals surface area contributed by atoms with Crippen LogP contribution >= 0.6 is 0 Å². The molecule has 3 aromatic rings. The van der Waals surface area contributed by atoms with E-state index in [0.29, 0.717) is 17.7 Å². The average molecular weight is 598 g/mol. The van der Waals surface area contributed by atoms with Gasteiger partial charge in [0.1, 0.15) is 17.1 Å². The molecule has 2 bridgehead atoms. The lowest BCUT2D eigenvalue weighted by Crippen LogP contribution is -2.57. The lowest BCUT2D eigenvalue weighted by atomic mass is 9.59. The van der Waals surface area contributed by atoms with Gasteiger partial charge in [-0.25, -0.2) is 4.79 Å². The number of aromatic amines is 1. The van der Waals surface area contributed by atoms with Crippen molar-refractivity contribution in [2.24, 2.45) is 5.92 Å². The molecule has 0 unspecified atom stereocenters. The SMILES string of the molecule is CC(C)=CCN1CC[C@@]2(C)c3cc(OC4(/C=C/OC(=O)Oc5cccc6[nH]cc(CCN(C)C)c56)CC4)ccc3C[C@@H]1[C@@H]2C. The Morgan fingerprint density at radius 3 is 2.73 bits per heavy atom. The number of hydrogen-bond acceptors (Lipinski definition) is 6. The molecule has 1 aliphatic heterocycles. The maximum atomic E-state index is 12.7. The normalized spacial score (nSPS) is 23.9. The molecule has 6 rings (SSSR count). The molecule has 1 saturated carbocycles. The van der Waals surface area contributed by atoms with Crippen molar-refractivity contribution < 1.29 is 19.0 Å². The summed E-state index contributed by atoms with van der Waals surface area (Å²) in [7, 11) is 4.09. The van der Waals surface area contributed by atoms with E-state index in [1.807, 2.05) is 38.5 Å². The first-order chi connectivity index (χ1) is 21.1. The molecule has 3 atom stereocenters. The number of allylic oxidation sites excluding steroid dienone is 1. The van der Waals surface area contributed by atoms with Crippen molar-refractivity contribution in [2.45, 2.75) is 76.9 Å². The maximum absolute atomic E-state index is 12.7. The van der Waals surface area contributed by atoms with Crippen molar-refractivity contribution in [1.29, 1.82) is 0 Å². The van der Waals surface area contributed by atoms with E-state index in [1.54, 1.807) is 6.07 Å². The highest BCUT2D eigenvalue weighted by molar-refractivity contribution is 5.90. The van der Waals surface area contributed by atoms with Gasteiger partial charge in [-0.1, -0.05) is 37.6 Å². The van der Waals surface area contributed by atoms with Crippen molar-refractivity contribution in [3.8, 4) is 11.5 Å². The largest absolute Gasteiger partial charge is 0.518 e. The summed E-state index contributed by atoms with van der Waals surface area (Å²) in [6.07, 6.45) is 11.7. The lowest BCUT2D eigenvalue weighted by Gasteiger charge is -2.54. The molecule has 2 aromatic carbocycles. The molecule has 1 aromatic heterocycles. The zero-order chi connectivity index (χ0) is 31.1. The van der Waals surface area contributed by atoms with E-state index >= 15 is 0 Å². The number of nitrogens with zero attached hydrogens (tertiary/aromatic N) is 2. The molecular weight excluding hydrogens is 550 g/mol. The number of aromatic nitrogens is 1. The topological polar surface area (TPSA) is 67.0 Å². The first-order valence-corrected chi connectivity index (χ1v) is 16.1. The minimum atomic E-state index is -0.759. The fourth-order valence-electron chi connectivity index (χ4n) is 7.11. The summed E-state index contributed by atoms with van der Waals surface area (Å²) in [6.45, 7) is 12.3. The second-order valence-electron chi connectivity index (χ2n) is 13.8.